The van der Waals surface area contributed by atoms with Crippen LogP contribution in [0.15, 0.2) is 0 Å². The van der Waals surface area contributed by atoms with E-state index < -0.39 is 0 Å². The molecule has 0 aromatic carbocycles. The van der Waals surface area contributed by atoms with Crippen LogP contribution in [0.2, 0.25) is 0 Å². The van der Waals surface area contributed by atoms with Gasteiger partial charge >= 0.3 is 0 Å². The van der Waals surface area contributed by atoms with Crippen LogP contribution in [0.25, 0.3) is 0 Å². The Hall–Kier alpha value is -0.120. The minimum atomic E-state index is 0.190. The molecule has 1 aliphatic rings. The number of nitrogens with zero attached hydrogens (tertiary/aromatic N) is 1. The van der Waals surface area contributed by atoms with Crippen LogP contribution >= 0.6 is 0 Å². The van der Waals surface area contributed by atoms with Crippen LogP contribution in [0.5, 0.6) is 0 Å². The molecule has 1 saturated carbocycles. The van der Waals surface area contributed by atoms with E-state index in [4.69, 9.17) is 5.84 Å². The zero-order valence-electron chi connectivity index (χ0n) is 13.7. The van der Waals surface area contributed by atoms with Crippen LogP contribution in [0.1, 0.15) is 65.7 Å². The van der Waals surface area contributed by atoms with Crippen LogP contribution in [0, 0.1) is 11.8 Å². The Bertz CT molecular complexity index is 248. The Kier molecular flexibility index (Phi) is 6.78. The molecule has 0 aliphatic heterocycles. The van der Waals surface area contributed by atoms with Crippen molar-refractivity contribution in [3.63, 3.8) is 0 Å². The number of hydrogen-bond acceptors (Lipinski definition) is 3. The molecule has 0 aromatic rings. The molecule has 3 nitrogen and oxygen atoms in total. The third-order valence-corrected chi connectivity index (χ3v) is 5.75. The van der Waals surface area contributed by atoms with Crippen molar-refractivity contribution in [2.45, 2.75) is 77.3 Å². The van der Waals surface area contributed by atoms with Crippen LogP contribution in [-0.4, -0.2) is 30.6 Å². The van der Waals surface area contributed by atoms with Gasteiger partial charge in [-0.15, -0.1) is 0 Å². The number of nitrogens with two attached hydrogens (primary N) is 1. The van der Waals surface area contributed by atoms with E-state index in [9.17, 15) is 0 Å². The van der Waals surface area contributed by atoms with Crippen LogP contribution in [-0.2, 0) is 0 Å². The van der Waals surface area contributed by atoms with Crippen LogP contribution < -0.4 is 11.3 Å². The molecule has 0 amide bonds. The fourth-order valence-corrected chi connectivity index (χ4v) is 4.34. The second-order valence-electron chi connectivity index (χ2n) is 6.55. The quantitative estimate of drug-likeness (QED) is 0.551. The highest BCUT2D eigenvalue weighted by molar-refractivity contribution is 5.00. The topological polar surface area (TPSA) is 41.3 Å². The van der Waals surface area contributed by atoms with Gasteiger partial charge in [0.25, 0.3) is 0 Å². The molecule has 0 saturated heterocycles. The van der Waals surface area contributed by atoms with Gasteiger partial charge in [0.15, 0.2) is 0 Å². The maximum atomic E-state index is 5.99. The second-order valence-corrected chi connectivity index (χ2v) is 6.55. The normalized spacial score (nSPS) is 26.7. The van der Waals surface area contributed by atoms with Gasteiger partial charge in [-0.25, -0.2) is 0 Å². The first-order valence-corrected chi connectivity index (χ1v) is 8.19. The second kappa shape index (κ2) is 7.61. The summed E-state index contributed by atoms with van der Waals surface area (Å²) in [6.45, 7) is 6.93. The summed E-state index contributed by atoms with van der Waals surface area (Å²) in [5.74, 6) is 7.62. The summed E-state index contributed by atoms with van der Waals surface area (Å²) >= 11 is 0. The molecule has 1 rings (SSSR count). The number of hydrogen-bond donors (Lipinski definition) is 2. The van der Waals surface area contributed by atoms with Gasteiger partial charge in [-0.05, 0) is 51.6 Å². The lowest BCUT2D eigenvalue weighted by atomic mass is 9.69. The predicted molar refractivity (Wildman–Crippen MR) is 83.9 cm³/mol. The third kappa shape index (κ3) is 3.50. The van der Waals surface area contributed by atoms with Gasteiger partial charge in [0.2, 0.25) is 0 Å². The van der Waals surface area contributed by atoms with Crippen molar-refractivity contribution in [1.82, 2.24) is 10.3 Å². The van der Waals surface area contributed by atoms with E-state index in [1.165, 1.54) is 32.1 Å². The van der Waals surface area contributed by atoms with Crippen molar-refractivity contribution in [3.05, 3.63) is 0 Å². The molecular formula is C16H35N3. The van der Waals surface area contributed by atoms with Crippen molar-refractivity contribution >= 4 is 0 Å². The molecule has 0 radical (unpaired) electrons. The molecule has 3 atom stereocenters. The maximum Gasteiger partial charge on any atom is 0.0422 e. The van der Waals surface area contributed by atoms with E-state index in [-0.39, 0.29) is 5.54 Å². The van der Waals surface area contributed by atoms with Crippen molar-refractivity contribution < 1.29 is 0 Å². The summed E-state index contributed by atoms with van der Waals surface area (Å²) in [7, 11) is 4.41. The first-order valence-electron chi connectivity index (χ1n) is 8.19. The predicted octanol–water partition coefficient (Wildman–Crippen LogP) is 3.16. The Balaban J connectivity index is 2.90. The Morgan fingerprint density at radius 3 is 2.26 bits per heavy atom. The summed E-state index contributed by atoms with van der Waals surface area (Å²) in [6.07, 6.45) is 9.09. The van der Waals surface area contributed by atoms with E-state index in [2.05, 4.69) is 45.2 Å². The van der Waals surface area contributed by atoms with Crippen LogP contribution in [0.3, 0.4) is 0 Å². The fourth-order valence-electron chi connectivity index (χ4n) is 4.34. The number of rotatable bonds is 7. The minimum Gasteiger partial charge on any atom is -0.302 e. The van der Waals surface area contributed by atoms with Crippen molar-refractivity contribution in [2.24, 2.45) is 17.7 Å². The molecule has 0 spiro atoms. The average Bonchev–Trinajstić information content (AvgIpc) is 2.44. The van der Waals surface area contributed by atoms with E-state index in [1.54, 1.807) is 0 Å². The van der Waals surface area contributed by atoms with Crippen molar-refractivity contribution in [1.29, 1.82) is 0 Å². The summed E-state index contributed by atoms with van der Waals surface area (Å²) in [5, 5.41) is 0. The summed E-state index contributed by atoms with van der Waals surface area (Å²) < 4.78 is 0. The first kappa shape index (κ1) is 16.9. The van der Waals surface area contributed by atoms with Gasteiger partial charge < -0.3 is 4.90 Å². The molecule has 114 valence electrons. The molecule has 19 heavy (non-hydrogen) atoms. The Morgan fingerprint density at radius 2 is 1.84 bits per heavy atom. The highest BCUT2D eigenvalue weighted by atomic mass is 15.3. The standard InChI is InChI=1S/C16H35N3/c1-6-13-10-9-11-14(12-13)15(18-17)16(7-2,8-3)19(4)5/h13-15,18H,6-12,17H2,1-5H3. The summed E-state index contributed by atoms with van der Waals surface area (Å²) in [5.41, 5.74) is 3.39. The SMILES string of the molecule is CCC1CCCC(C(NN)C(CC)(CC)N(C)C)C1. The van der Waals surface area contributed by atoms with E-state index in [0.29, 0.717) is 6.04 Å². The zero-order valence-corrected chi connectivity index (χ0v) is 13.7. The van der Waals surface area contributed by atoms with Gasteiger partial charge in [-0.1, -0.05) is 40.0 Å². The Morgan fingerprint density at radius 1 is 1.21 bits per heavy atom. The van der Waals surface area contributed by atoms with Gasteiger partial charge in [0.1, 0.15) is 0 Å². The third-order valence-electron chi connectivity index (χ3n) is 5.75. The summed E-state index contributed by atoms with van der Waals surface area (Å²) in [6, 6.07) is 0.409. The van der Waals surface area contributed by atoms with E-state index in [0.717, 1.165) is 24.7 Å². The van der Waals surface area contributed by atoms with Gasteiger partial charge in [-0.2, -0.15) is 0 Å². The van der Waals surface area contributed by atoms with Gasteiger partial charge in [-0.3, -0.25) is 11.3 Å². The molecule has 3 unspecified atom stereocenters. The number of nitrogens with one attached hydrogen (secondary N) is 1. The molecule has 3 heteroatoms. The fraction of sp³-hybridized carbons (Fsp3) is 1.00. The molecule has 1 aliphatic carbocycles. The molecule has 3 N–H and O–H groups in total. The highest BCUT2D eigenvalue weighted by Gasteiger charge is 2.42. The largest absolute Gasteiger partial charge is 0.302 e. The summed E-state index contributed by atoms with van der Waals surface area (Å²) in [4.78, 5) is 2.40. The average molecular weight is 269 g/mol. The minimum absolute atomic E-state index is 0.190. The lowest BCUT2D eigenvalue weighted by Gasteiger charge is -2.49. The highest BCUT2D eigenvalue weighted by Crippen LogP contribution is 2.39. The van der Waals surface area contributed by atoms with Crippen LogP contribution in [0.4, 0.5) is 0 Å². The molecule has 0 aromatic heterocycles. The number of hydrazine groups is 1. The van der Waals surface area contributed by atoms with E-state index >= 15 is 0 Å². The smallest absolute Gasteiger partial charge is 0.0422 e. The zero-order chi connectivity index (χ0) is 14.5. The van der Waals surface area contributed by atoms with E-state index in [1.807, 2.05) is 0 Å². The molecule has 1 fully saturated rings. The lowest BCUT2D eigenvalue weighted by Crippen LogP contribution is -2.63. The monoisotopic (exact) mass is 269 g/mol. The van der Waals surface area contributed by atoms with Gasteiger partial charge in [0.05, 0.1) is 0 Å². The molecule has 0 heterocycles. The maximum absolute atomic E-state index is 5.99. The molecule has 0 bridgehead atoms. The van der Waals surface area contributed by atoms with Crippen molar-refractivity contribution in [3.8, 4) is 0 Å². The van der Waals surface area contributed by atoms with Gasteiger partial charge in [0, 0.05) is 11.6 Å². The molecular weight excluding hydrogens is 234 g/mol. The first-order chi connectivity index (χ1) is 9.05. The van der Waals surface area contributed by atoms with Crippen molar-refractivity contribution in [2.75, 3.05) is 14.1 Å². The number of likely N-dealkylation sites (N-methyl/N-ethyl adjacent to an activating group) is 1. The lowest BCUT2D eigenvalue weighted by molar-refractivity contribution is 0.0404. The Labute approximate surface area is 120 Å².